The van der Waals surface area contributed by atoms with Crippen LogP contribution in [0.1, 0.15) is 29.5 Å². The SMILES string of the molecule is COCCNCCc1nnc(C2OCCC2C)s1. The molecule has 0 amide bonds. The number of hydrogen-bond acceptors (Lipinski definition) is 6. The van der Waals surface area contributed by atoms with Crippen molar-refractivity contribution in [2.24, 2.45) is 5.92 Å². The number of nitrogens with one attached hydrogen (secondary N) is 1. The van der Waals surface area contributed by atoms with Crippen LogP contribution in [0.15, 0.2) is 0 Å². The Morgan fingerprint density at radius 2 is 2.33 bits per heavy atom. The van der Waals surface area contributed by atoms with E-state index in [9.17, 15) is 0 Å². The molecule has 0 saturated carbocycles. The summed E-state index contributed by atoms with van der Waals surface area (Å²) in [7, 11) is 1.71. The van der Waals surface area contributed by atoms with Gasteiger partial charge in [0.15, 0.2) is 0 Å². The summed E-state index contributed by atoms with van der Waals surface area (Å²) in [6, 6.07) is 0. The van der Waals surface area contributed by atoms with Crippen molar-refractivity contribution in [3.63, 3.8) is 0 Å². The molecule has 0 spiro atoms. The van der Waals surface area contributed by atoms with Gasteiger partial charge in [0.2, 0.25) is 0 Å². The highest BCUT2D eigenvalue weighted by Gasteiger charge is 2.28. The van der Waals surface area contributed by atoms with E-state index in [1.807, 2.05) is 0 Å². The smallest absolute Gasteiger partial charge is 0.146 e. The molecule has 102 valence electrons. The molecule has 2 heterocycles. The van der Waals surface area contributed by atoms with E-state index in [4.69, 9.17) is 9.47 Å². The first-order valence-electron chi connectivity index (χ1n) is 6.45. The van der Waals surface area contributed by atoms with Crippen molar-refractivity contribution in [2.75, 3.05) is 33.4 Å². The molecule has 5 nitrogen and oxygen atoms in total. The predicted molar refractivity (Wildman–Crippen MR) is 70.8 cm³/mol. The Bertz CT molecular complexity index is 359. The van der Waals surface area contributed by atoms with Crippen molar-refractivity contribution in [1.29, 1.82) is 0 Å². The molecule has 1 N–H and O–H groups in total. The summed E-state index contributed by atoms with van der Waals surface area (Å²) >= 11 is 1.68. The van der Waals surface area contributed by atoms with Gasteiger partial charge in [-0.15, -0.1) is 10.2 Å². The van der Waals surface area contributed by atoms with Crippen LogP contribution in [0.4, 0.5) is 0 Å². The Labute approximate surface area is 112 Å². The van der Waals surface area contributed by atoms with Crippen molar-refractivity contribution in [1.82, 2.24) is 15.5 Å². The van der Waals surface area contributed by atoms with E-state index in [1.54, 1.807) is 18.4 Å². The molecule has 0 aromatic carbocycles. The number of aromatic nitrogens is 2. The Morgan fingerprint density at radius 3 is 3.06 bits per heavy atom. The number of hydrogen-bond donors (Lipinski definition) is 1. The Kier molecular flexibility index (Phi) is 5.49. The topological polar surface area (TPSA) is 56.3 Å². The maximum Gasteiger partial charge on any atom is 0.146 e. The first-order chi connectivity index (χ1) is 8.81. The minimum atomic E-state index is 0.165. The Hall–Kier alpha value is -0.560. The second-order valence-corrected chi connectivity index (χ2v) is 5.68. The van der Waals surface area contributed by atoms with E-state index >= 15 is 0 Å². The summed E-state index contributed by atoms with van der Waals surface area (Å²) in [5.41, 5.74) is 0. The zero-order valence-corrected chi connectivity index (χ0v) is 11.8. The van der Waals surface area contributed by atoms with Crippen molar-refractivity contribution in [2.45, 2.75) is 25.9 Å². The third-order valence-corrected chi connectivity index (χ3v) is 4.16. The number of ether oxygens (including phenoxy) is 2. The molecule has 2 unspecified atom stereocenters. The van der Waals surface area contributed by atoms with Gasteiger partial charge in [-0.25, -0.2) is 0 Å². The molecule has 6 heteroatoms. The minimum absolute atomic E-state index is 0.165. The van der Waals surface area contributed by atoms with Gasteiger partial charge in [0, 0.05) is 33.2 Å². The molecule has 1 aromatic rings. The largest absolute Gasteiger partial charge is 0.383 e. The summed E-state index contributed by atoms with van der Waals surface area (Å²) in [5, 5.41) is 13.9. The Balaban J connectivity index is 1.75. The second-order valence-electron chi connectivity index (χ2n) is 4.58. The average molecular weight is 271 g/mol. The average Bonchev–Trinajstić information content (AvgIpc) is 2.97. The summed E-state index contributed by atoms with van der Waals surface area (Å²) in [6.45, 7) is 5.60. The number of rotatable bonds is 7. The van der Waals surface area contributed by atoms with Crippen LogP contribution in [0.25, 0.3) is 0 Å². The molecule has 1 fully saturated rings. The summed E-state index contributed by atoms with van der Waals surface area (Å²) < 4.78 is 10.7. The van der Waals surface area contributed by atoms with Gasteiger partial charge >= 0.3 is 0 Å². The van der Waals surface area contributed by atoms with Crippen LogP contribution < -0.4 is 5.32 Å². The fourth-order valence-corrected chi connectivity index (χ4v) is 3.01. The fourth-order valence-electron chi connectivity index (χ4n) is 1.99. The van der Waals surface area contributed by atoms with Crippen molar-refractivity contribution in [3.8, 4) is 0 Å². The van der Waals surface area contributed by atoms with Crippen molar-refractivity contribution >= 4 is 11.3 Å². The monoisotopic (exact) mass is 271 g/mol. The molecule has 0 bridgehead atoms. The first kappa shape index (κ1) is 13.9. The minimum Gasteiger partial charge on any atom is -0.383 e. The van der Waals surface area contributed by atoms with Crippen LogP contribution in [0.2, 0.25) is 0 Å². The van der Waals surface area contributed by atoms with Crippen molar-refractivity contribution < 1.29 is 9.47 Å². The van der Waals surface area contributed by atoms with Crippen LogP contribution in [0.5, 0.6) is 0 Å². The van der Waals surface area contributed by atoms with E-state index in [0.29, 0.717) is 5.92 Å². The van der Waals surface area contributed by atoms with Gasteiger partial charge in [-0.05, 0) is 12.3 Å². The van der Waals surface area contributed by atoms with Crippen LogP contribution in [-0.2, 0) is 15.9 Å². The van der Waals surface area contributed by atoms with Gasteiger partial charge in [-0.3, -0.25) is 0 Å². The summed E-state index contributed by atoms with van der Waals surface area (Å²) in [5.74, 6) is 0.561. The van der Waals surface area contributed by atoms with Crippen LogP contribution in [0.3, 0.4) is 0 Å². The highest BCUT2D eigenvalue weighted by atomic mass is 32.1. The maximum absolute atomic E-state index is 5.70. The summed E-state index contributed by atoms with van der Waals surface area (Å²) in [4.78, 5) is 0. The van der Waals surface area contributed by atoms with Gasteiger partial charge in [0.25, 0.3) is 0 Å². The highest BCUT2D eigenvalue weighted by molar-refractivity contribution is 7.11. The molecule has 0 aliphatic carbocycles. The quantitative estimate of drug-likeness (QED) is 0.760. The molecule has 1 aromatic heterocycles. The van der Waals surface area contributed by atoms with E-state index in [0.717, 1.165) is 49.2 Å². The number of methoxy groups -OCH3 is 1. The predicted octanol–water partition coefficient (Wildman–Crippen LogP) is 1.41. The molecule has 1 aliphatic heterocycles. The van der Waals surface area contributed by atoms with Crippen LogP contribution in [-0.4, -0.2) is 43.6 Å². The summed E-state index contributed by atoms with van der Waals surface area (Å²) in [6.07, 6.45) is 2.21. The molecule has 0 radical (unpaired) electrons. The van der Waals surface area contributed by atoms with Crippen LogP contribution in [0, 0.1) is 5.92 Å². The second kappa shape index (κ2) is 7.13. The highest BCUT2D eigenvalue weighted by Crippen LogP contribution is 2.35. The van der Waals surface area contributed by atoms with E-state index in [-0.39, 0.29) is 6.10 Å². The Morgan fingerprint density at radius 1 is 1.44 bits per heavy atom. The van der Waals surface area contributed by atoms with Crippen LogP contribution >= 0.6 is 11.3 Å². The zero-order valence-electron chi connectivity index (χ0n) is 11.0. The molecular formula is C12H21N3O2S. The molecule has 18 heavy (non-hydrogen) atoms. The molecule has 1 aliphatic rings. The normalized spacial score (nSPS) is 23.7. The first-order valence-corrected chi connectivity index (χ1v) is 7.26. The van der Waals surface area contributed by atoms with Gasteiger partial charge in [-0.1, -0.05) is 18.3 Å². The van der Waals surface area contributed by atoms with E-state index in [1.165, 1.54) is 0 Å². The van der Waals surface area contributed by atoms with Gasteiger partial charge < -0.3 is 14.8 Å². The molecular weight excluding hydrogens is 250 g/mol. The lowest BCUT2D eigenvalue weighted by molar-refractivity contribution is 0.0937. The lowest BCUT2D eigenvalue weighted by atomic mass is 10.1. The number of nitrogens with zero attached hydrogens (tertiary/aromatic N) is 2. The zero-order chi connectivity index (χ0) is 12.8. The lowest BCUT2D eigenvalue weighted by Gasteiger charge is -2.09. The van der Waals surface area contributed by atoms with Gasteiger partial charge in [-0.2, -0.15) is 0 Å². The molecule has 2 atom stereocenters. The third-order valence-electron chi connectivity index (χ3n) is 3.11. The van der Waals surface area contributed by atoms with E-state index < -0.39 is 0 Å². The maximum atomic E-state index is 5.70. The van der Waals surface area contributed by atoms with Gasteiger partial charge in [0.1, 0.15) is 16.1 Å². The fraction of sp³-hybridized carbons (Fsp3) is 0.833. The van der Waals surface area contributed by atoms with Crippen molar-refractivity contribution in [3.05, 3.63) is 10.0 Å². The van der Waals surface area contributed by atoms with Gasteiger partial charge in [0.05, 0.1) is 6.61 Å². The lowest BCUT2D eigenvalue weighted by Crippen LogP contribution is -2.21. The van der Waals surface area contributed by atoms with E-state index in [2.05, 4.69) is 22.4 Å². The molecule has 1 saturated heterocycles. The third kappa shape index (κ3) is 3.71. The standard InChI is InChI=1S/C12H21N3O2S/c1-9-4-7-17-11(9)12-15-14-10(18-12)3-5-13-6-8-16-2/h9,11,13H,3-8H2,1-2H3. The molecule has 2 rings (SSSR count).